The first-order chi connectivity index (χ1) is 12.5. The van der Waals surface area contributed by atoms with Crippen molar-refractivity contribution >= 4 is 45.5 Å². The molecule has 1 amide bonds. The van der Waals surface area contributed by atoms with Gasteiger partial charge < -0.3 is 23.3 Å². The van der Waals surface area contributed by atoms with Crippen LogP contribution in [0.2, 0.25) is 0 Å². The van der Waals surface area contributed by atoms with Gasteiger partial charge in [-0.2, -0.15) is 8.42 Å². The monoisotopic (exact) mass is 506 g/mol. The van der Waals surface area contributed by atoms with Crippen molar-refractivity contribution < 1.29 is 63.9 Å². The first-order valence-electron chi connectivity index (χ1n) is 7.43. The van der Waals surface area contributed by atoms with Gasteiger partial charge in [0.25, 0.3) is 0 Å². The van der Waals surface area contributed by atoms with Gasteiger partial charge in [0.05, 0.1) is 17.8 Å². The minimum Gasteiger partial charge on any atom is -0.519 e. The molecule has 2 aromatic rings. The number of rotatable bonds is 8. The second-order valence-corrected chi connectivity index (χ2v) is 7.91. The molecule has 9 nitrogen and oxygen atoms in total. The fraction of sp³-hybridized carbons (Fsp3) is 0.357. The molecule has 0 spiro atoms. The van der Waals surface area contributed by atoms with Gasteiger partial charge in [0.2, 0.25) is 0 Å². The summed E-state index contributed by atoms with van der Waals surface area (Å²) in [7, 11) is -2.46. The summed E-state index contributed by atoms with van der Waals surface area (Å²) in [6.45, 7) is -0.433. The molecule has 1 aliphatic heterocycles. The van der Waals surface area contributed by atoms with Crippen LogP contribution in [0.5, 0.6) is 0 Å². The van der Waals surface area contributed by atoms with Crippen LogP contribution < -0.4 is 4.72 Å². The molecule has 1 aromatic carbocycles. The molecule has 1 N–H and O–H groups in total. The Bertz CT molecular complexity index is 910. The molecule has 5 atom stereocenters. The molecule has 3 rings (SSSR count). The summed E-state index contributed by atoms with van der Waals surface area (Å²) in [5.74, 6) is 0. The Morgan fingerprint density at radius 2 is 2.07 bits per heavy atom. The van der Waals surface area contributed by atoms with Crippen molar-refractivity contribution in [2.75, 3.05) is 6.61 Å². The van der Waals surface area contributed by atoms with Crippen molar-refractivity contribution in [1.82, 2.24) is 9.29 Å². The SMILES string of the molecule is O=[C-]NS(=O)(=O)OC[C@H]1O[C@@H](n2ccc3ccccc32)[C@H](OP)[C@@H]1P=O.[Y]. The Morgan fingerprint density at radius 3 is 2.74 bits per heavy atom. The Morgan fingerprint density at radius 1 is 1.33 bits per heavy atom. The minimum atomic E-state index is -4.29. The number of carbonyl (C=O) groups excluding carboxylic acids is 1. The van der Waals surface area contributed by atoms with Crippen LogP contribution in [-0.2, 0) is 65.8 Å². The number of aromatic nitrogens is 1. The maximum atomic E-state index is 11.7. The number of hydrogen-bond donors (Lipinski definition) is 1. The normalized spacial score (nSPS) is 25.4. The van der Waals surface area contributed by atoms with Gasteiger partial charge in [-0.05, 0) is 17.5 Å². The molecule has 2 heterocycles. The molecule has 1 radical (unpaired) electrons. The first kappa shape index (κ1) is 23.0. The summed E-state index contributed by atoms with van der Waals surface area (Å²) in [6, 6.07) is 9.53. The van der Waals surface area contributed by atoms with Crippen molar-refractivity contribution in [2.45, 2.75) is 24.1 Å². The van der Waals surface area contributed by atoms with Crippen LogP contribution in [0.25, 0.3) is 10.9 Å². The standard InChI is InChI=1S/C14H15N2O7P2S.Y/c17-8-15-26(19,20)21-7-11-13(25-18)12(23-24)14(22-11)16-6-5-9-3-1-2-4-10(9)16;/h1-6,11-14H,7,24H2,(H,15,17);/q-1;/t11-,12-,13-,14-;/m1./s1. The van der Waals surface area contributed by atoms with Crippen LogP contribution in [0.15, 0.2) is 36.5 Å². The number of fused-ring (bicyclic) bond motifs is 1. The van der Waals surface area contributed by atoms with E-state index < -0.39 is 41.0 Å². The Hall–Kier alpha value is -0.306. The van der Waals surface area contributed by atoms with Gasteiger partial charge in [0, 0.05) is 48.4 Å². The molecule has 1 aromatic heterocycles. The third kappa shape index (κ3) is 5.00. The zero-order chi connectivity index (χ0) is 18.7. The molecule has 0 saturated carbocycles. The van der Waals surface area contributed by atoms with E-state index in [1.54, 1.807) is 0 Å². The summed E-state index contributed by atoms with van der Waals surface area (Å²) in [5, 5.41) is 0.989. The zero-order valence-electron chi connectivity index (χ0n) is 13.8. The molecular formula is C14H15N2O7P2SY-. The number of amides is 1. The van der Waals surface area contributed by atoms with Gasteiger partial charge >= 0.3 is 10.3 Å². The van der Waals surface area contributed by atoms with E-state index in [4.69, 9.17) is 13.4 Å². The first-order valence-corrected chi connectivity index (χ1v) is 10.2. The van der Waals surface area contributed by atoms with Crippen LogP contribution in [-0.4, -0.2) is 43.9 Å². The minimum absolute atomic E-state index is 0. The molecule has 1 aliphatic rings. The average Bonchev–Trinajstić information content (AvgIpc) is 3.20. The topological polar surface area (TPSA) is 113 Å². The fourth-order valence-electron chi connectivity index (χ4n) is 2.92. The third-order valence-corrected chi connectivity index (χ3v) is 6.01. The second-order valence-electron chi connectivity index (χ2n) is 5.49. The summed E-state index contributed by atoms with van der Waals surface area (Å²) < 4.78 is 53.8. The molecule has 13 heteroatoms. The quantitative estimate of drug-likeness (QED) is 0.326. The van der Waals surface area contributed by atoms with Gasteiger partial charge in [0.15, 0.2) is 14.7 Å². The molecule has 27 heavy (non-hydrogen) atoms. The number of nitrogens with one attached hydrogen (secondary N) is 1. The Balaban J connectivity index is 0.00000261. The Kier molecular flexibility index (Phi) is 8.46. The number of benzene rings is 1. The Labute approximate surface area is 185 Å². The molecule has 143 valence electrons. The van der Waals surface area contributed by atoms with Gasteiger partial charge in [-0.25, -0.2) is 0 Å². The van der Waals surface area contributed by atoms with Crippen LogP contribution in [0, 0.1) is 0 Å². The number of nitrogens with zero attached hydrogens (tertiary/aromatic N) is 1. The van der Waals surface area contributed by atoms with Crippen LogP contribution in [0.1, 0.15) is 6.23 Å². The van der Waals surface area contributed by atoms with Crippen LogP contribution in [0.3, 0.4) is 0 Å². The average molecular weight is 506 g/mol. The third-order valence-electron chi connectivity index (χ3n) is 4.05. The summed E-state index contributed by atoms with van der Waals surface area (Å²) in [4.78, 5) is 10.2. The smallest absolute Gasteiger partial charge is 0.331 e. The van der Waals surface area contributed by atoms with Crippen molar-refractivity contribution in [3.63, 3.8) is 0 Å². The fourth-order valence-corrected chi connectivity index (χ4v) is 4.46. The van der Waals surface area contributed by atoms with Crippen molar-refractivity contribution in [2.24, 2.45) is 0 Å². The van der Waals surface area contributed by atoms with Gasteiger partial charge in [0.1, 0.15) is 12.2 Å². The van der Waals surface area contributed by atoms with Crippen LogP contribution >= 0.6 is 17.9 Å². The van der Waals surface area contributed by atoms with E-state index in [0.29, 0.717) is 0 Å². The molecule has 1 saturated heterocycles. The van der Waals surface area contributed by atoms with Crippen LogP contribution in [0.4, 0.5) is 0 Å². The predicted molar refractivity (Wildman–Crippen MR) is 95.5 cm³/mol. The van der Waals surface area contributed by atoms with Gasteiger partial charge in [-0.1, -0.05) is 18.2 Å². The molecular weight excluding hydrogens is 491 g/mol. The number of ether oxygens (including phenoxy) is 1. The number of para-hydroxylation sites is 1. The molecule has 1 fully saturated rings. The maximum absolute atomic E-state index is 11.7. The van der Waals surface area contributed by atoms with E-state index in [9.17, 15) is 17.8 Å². The summed E-state index contributed by atoms with van der Waals surface area (Å²) in [5.41, 5.74) is 0.214. The number of hydrogen-bond acceptors (Lipinski definition) is 7. The van der Waals surface area contributed by atoms with E-state index in [1.165, 1.54) is 4.72 Å². The van der Waals surface area contributed by atoms with Gasteiger partial charge in [-0.3, -0.25) is 8.75 Å². The van der Waals surface area contributed by atoms with Gasteiger partial charge in [-0.15, -0.1) is 6.41 Å². The summed E-state index contributed by atoms with van der Waals surface area (Å²) in [6.07, 6.45) is 0.739. The molecule has 0 bridgehead atoms. The van der Waals surface area contributed by atoms with E-state index in [0.717, 1.165) is 17.3 Å². The maximum Gasteiger partial charge on any atom is 0.331 e. The van der Waals surface area contributed by atoms with E-state index in [-0.39, 0.29) is 41.2 Å². The summed E-state index contributed by atoms with van der Waals surface area (Å²) >= 11 is 0. The van der Waals surface area contributed by atoms with Crippen molar-refractivity contribution in [3.8, 4) is 0 Å². The van der Waals surface area contributed by atoms with E-state index >= 15 is 0 Å². The second kappa shape index (κ2) is 9.94. The van der Waals surface area contributed by atoms with E-state index in [2.05, 4.69) is 9.47 Å². The zero-order valence-corrected chi connectivity index (χ0v) is 19.5. The van der Waals surface area contributed by atoms with Crippen molar-refractivity contribution in [3.05, 3.63) is 36.5 Å². The van der Waals surface area contributed by atoms with E-state index in [1.807, 2.05) is 41.1 Å². The molecule has 1 unspecified atom stereocenters. The molecule has 0 aliphatic carbocycles. The predicted octanol–water partition coefficient (Wildman–Crippen LogP) is 1.29. The largest absolute Gasteiger partial charge is 0.519 e. The van der Waals surface area contributed by atoms with Crippen molar-refractivity contribution in [1.29, 1.82) is 0 Å².